The van der Waals surface area contributed by atoms with Gasteiger partial charge < -0.3 is 42.8 Å². The third kappa shape index (κ3) is 8.93. The summed E-state index contributed by atoms with van der Waals surface area (Å²) in [5.74, 6) is 0.733. The molecule has 6 aliphatic rings. The van der Waals surface area contributed by atoms with Gasteiger partial charge in [-0.25, -0.2) is 0 Å². The van der Waals surface area contributed by atoms with Crippen molar-refractivity contribution in [2.24, 2.45) is 35.5 Å². The van der Waals surface area contributed by atoms with E-state index in [2.05, 4.69) is 38.9 Å². The fourth-order valence-corrected chi connectivity index (χ4v) is 11.1. The molecule has 11 heteroatoms. The van der Waals surface area contributed by atoms with Crippen molar-refractivity contribution in [3.8, 4) is 0 Å². The Morgan fingerprint density at radius 2 is 1.60 bits per heavy atom. The van der Waals surface area contributed by atoms with Crippen LogP contribution in [-0.4, -0.2) is 119 Å². The first kappa shape index (κ1) is 41.2. The minimum absolute atomic E-state index is 0.00218. The first-order chi connectivity index (χ1) is 25.5. The number of allylic oxidation sites excluding steroid dienone is 2. The highest BCUT2D eigenvalue weighted by atomic mass is 16.7. The van der Waals surface area contributed by atoms with Crippen molar-refractivity contribution in [2.45, 2.75) is 173 Å². The number of likely N-dealkylation sites (N-methyl/N-ethyl adjacent to an activating group) is 1. The number of rotatable bonds is 10. The first-order valence-electron chi connectivity index (χ1n) is 20.9. The summed E-state index contributed by atoms with van der Waals surface area (Å²) in [6.45, 7) is 10.7. The standard InChI is InChI=1S/C42H69NO10/c1-10-27-13-12-14-35(53-37-18-17-34(43(6)7)24(4)49-37)23(3)38(45)33-21-31-29(32(33)22-36(44)51-27)16-15-26-19-28(20-30(26)31)52-42-41(47-9)40(48-11-2)39(46-8)25(5)50-42/h21,23-32,34-35,37,39-42H,10-20,22H2,1-9H3/t23-,24-,25+,26?,27+,28-,29?,30-,31?,32+,34+,35+,37+,39+,40-,41-,42?/m1/s1. The van der Waals surface area contributed by atoms with Crippen molar-refractivity contribution in [1.82, 2.24) is 4.90 Å². The van der Waals surface area contributed by atoms with E-state index in [1.165, 1.54) is 0 Å². The topological polar surface area (TPSA) is 111 Å². The van der Waals surface area contributed by atoms with E-state index in [-0.39, 0.29) is 90.9 Å². The van der Waals surface area contributed by atoms with Gasteiger partial charge in [-0.2, -0.15) is 0 Å². The maximum Gasteiger partial charge on any atom is 0.306 e. The number of Topliss-reactive ketones (excluding diaryl/α,β-unsaturated/α-hetero) is 1. The van der Waals surface area contributed by atoms with Gasteiger partial charge in [-0.05, 0) is 128 Å². The molecule has 2 saturated carbocycles. The van der Waals surface area contributed by atoms with Crippen molar-refractivity contribution in [3.05, 3.63) is 11.6 Å². The number of hydrogen-bond donors (Lipinski definition) is 0. The van der Waals surface area contributed by atoms with Crippen molar-refractivity contribution in [3.63, 3.8) is 0 Å². The first-order valence-corrected chi connectivity index (χ1v) is 20.9. The highest BCUT2D eigenvalue weighted by Gasteiger charge is 2.54. The van der Waals surface area contributed by atoms with E-state index < -0.39 is 12.4 Å². The number of cyclic esters (lactones) is 1. The predicted octanol–water partition coefficient (Wildman–Crippen LogP) is 6.10. The molecule has 53 heavy (non-hydrogen) atoms. The molecule has 3 aliphatic heterocycles. The van der Waals surface area contributed by atoms with Gasteiger partial charge in [0.15, 0.2) is 18.4 Å². The maximum atomic E-state index is 14.7. The monoisotopic (exact) mass is 747 g/mol. The lowest BCUT2D eigenvalue weighted by atomic mass is 9.66. The molecule has 6 rings (SSSR count). The van der Waals surface area contributed by atoms with Gasteiger partial charge in [-0.3, -0.25) is 9.59 Å². The van der Waals surface area contributed by atoms with Crippen LogP contribution >= 0.6 is 0 Å². The molecule has 3 saturated heterocycles. The third-order valence-corrected chi connectivity index (χ3v) is 13.8. The van der Waals surface area contributed by atoms with Gasteiger partial charge in [0.2, 0.25) is 0 Å². The average molecular weight is 748 g/mol. The normalized spacial score (nSPS) is 45.4. The molecule has 3 aliphatic carbocycles. The fraction of sp³-hybridized carbons (Fsp3) is 0.905. The fourth-order valence-electron chi connectivity index (χ4n) is 11.1. The highest BCUT2D eigenvalue weighted by Crippen LogP contribution is 2.57. The highest BCUT2D eigenvalue weighted by molar-refractivity contribution is 5.99. The second kappa shape index (κ2) is 18.2. The Balaban J connectivity index is 1.20. The van der Waals surface area contributed by atoms with Crippen molar-refractivity contribution in [2.75, 3.05) is 34.9 Å². The molecule has 0 aromatic carbocycles. The maximum absolute atomic E-state index is 14.7. The molecule has 0 radical (unpaired) electrons. The van der Waals surface area contributed by atoms with Crippen LogP contribution < -0.4 is 0 Å². The van der Waals surface area contributed by atoms with Crippen LogP contribution in [0.4, 0.5) is 0 Å². The smallest absolute Gasteiger partial charge is 0.306 e. The second-order valence-electron chi connectivity index (χ2n) is 17.1. The largest absolute Gasteiger partial charge is 0.462 e. The lowest BCUT2D eigenvalue weighted by Gasteiger charge is -2.44. The number of carbonyl (C=O) groups is 2. The Morgan fingerprint density at radius 1 is 0.830 bits per heavy atom. The quantitative estimate of drug-likeness (QED) is 0.242. The molecule has 0 aromatic rings. The van der Waals surface area contributed by atoms with Gasteiger partial charge in [-0.1, -0.05) is 19.9 Å². The molecule has 0 N–H and O–H groups in total. The van der Waals surface area contributed by atoms with Crippen LogP contribution in [-0.2, 0) is 47.5 Å². The van der Waals surface area contributed by atoms with Crippen LogP contribution in [0.25, 0.3) is 0 Å². The zero-order valence-corrected chi connectivity index (χ0v) is 33.9. The van der Waals surface area contributed by atoms with Gasteiger partial charge in [0.25, 0.3) is 0 Å². The van der Waals surface area contributed by atoms with Crippen LogP contribution in [0.15, 0.2) is 11.6 Å². The lowest BCUT2D eigenvalue weighted by molar-refractivity contribution is -0.317. The SMILES string of the molecule is CCO[C@@H]1[C@@H](OC)[C@H](C)OC(O[C@@H]2CC3CCC4C(C=C5C(=O)[C@H](C)[C@@H](O[C@H]6CC[C@H](N(C)C)[C@@H](C)O6)CCC[C@H](CC)OC(=O)C[C@H]54)[C@@H]3C2)[C@@H]1OC. The van der Waals surface area contributed by atoms with Crippen LogP contribution in [0, 0.1) is 35.5 Å². The molecule has 17 atom stereocenters. The Hall–Kier alpha value is -1.44. The molecule has 11 nitrogen and oxygen atoms in total. The molecular formula is C42H69NO10. The summed E-state index contributed by atoms with van der Waals surface area (Å²) in [5, 5.41) is 0. The van der Waals surface area contributed by atoms with Gasteiger partial charge in [0.05, 0.1) is 30.8 Å². The number of nitrogens with zero attached hydrogens (tertiary/aromatic N) is 1. The summed E-state index contributed by atoms with van der Waals surface area (Å²) in [5.41, 5.74) is 0.816. The van der Waals surface area contributed by atoms with Crippen molar-refractivity contribution >= 4 is 11.8 Å². The van der Waals surface area contributed by atoms with Gasteiger partial charge in [-0.15, -0.1) is 0 Å². The van der Waals surface area contributed by atoms with Crippen molar-refractivity contribution in [1.29, 1.82) is 0 Å². The summed E-state index contributed by atoms with van der Waals surface area (Å²) >= 11 is 0. The number of carbonyl (C=O) groups excluding carboxylic acids is 2. The van der Waals surface area contributed by atoms with E-state index in [4.69, 9.17) is 37.9 Å². The Morgan fingerprint density at radius 3 is 2.28 bits per heavy atom. The van der Waals surface area contributed by atoms with Gasteiger partial charge >= 0.3 is 5.97 Å². The summed E-state index contributed by atoms with van der Waals surface area (Å²) in [7, 11) is 7.55. The van der Waals surface area contributed by atoms with E-state index in [1.807, 2.05) is 20.8 Å². The summed E-state index contributed by atoms with van der Waals surface area (Å²) in [6.07, 6.45) is 8.81. The number of hydrogen-bond acceptors (Lipinski definition) is 11. The number of ketones is 1. The van der Waals surface area contributed by atoms with Gasteiger partial charge in [0, 0.05) is 38.7 Å². The van der Waals surface area contributed by atoms with Crippen LogP contribution in [0.3, 0.4) is 0 Å². The van der Waals surface area contributed by atoms with Crippen LogP contribution in [0.2, 0.25) is 0 Å². The minimum atomic E-state index is -0.568. The Labute approximate surface area is 318 Å². The van der Waals surface area contributed by atoms with E-state index in [0.717, 1.165) is 69.8 Å². The van der Waals surface area contributed by atoms with Crippen LogP contribution in [0.5, 0.6) is 0 Å². The molecule has 302 valence electrons. The van der Waals surface area contributed by atoms with Gasteiger partial charge in [0.1, 0.15) is 24.4 Å². The van der Waals surface area contributed by atoms with Crippen LogP contribution in [0.1, 0.15) is 105 Å². The zero-order chi connectivity index (χ0) is 38.0. The Bertz CT molecular complexity index is 1260. The number of methoxy groups -OCH3 is 2. The molecular weight excluding hydrogens is 678 g/mol. The zero-order valence-electron chi connectivity index (χ0n) is 33.9. The van der Waals surface area contributed by atoms with E-state index >= 15 is 0 Å². The predicted molar refractivity (Wildman–Crippen MR) is 199 cm³/mol. The summed E-state index contributed by atoms with van der Waals surface area (Å²) in [6, 6.07) is 0.345. The number of fused-ring (bicyclic) bond motifs is 5. The third-order valence-electron chi connectivity index (χ3n) is 13.8. The molecule has 0 bridgehead atoms. The molecule has 4 unspecified atom stereocenters. The minimum Gasteiger partial charge on any atom is -0.462 e. The van der Waals surface area contributed by atoms with E-state index in [9.17, 15) is 9.59 Å². The second-order valence-corrected chi connectivity index (χ2v) is 17.1. The molecule has 5 fully saturated rings. The summed E-state index contributed by atoms with van der Waals surface area (Å²) < 4.78 is 50.2. The lowest BCUT2D eigenvalue weighted by Crippen LogP contribution is -2.60. The number of ether oxygens (including phenoxy) is 8. The summed E-state index contributed by atoms with van der Waals surface area (Å²) in [4.78, 5) is 30.5. The average Bonchev–Trinajstić information content (AvgIpc) is 3.70. The molecule has 0 aromatic heterocycles. The molecule has 0 spiro atoms. The van der Waals surface area contributed by atoms with E-state index in [1.54, 1.807) is 14.2 Å². The Kier molecular flexibility index (Phi) is 14.2. The molecule has 3 heterocycles. The number of esters is 1. The molecule has 0 amide bonds. The van der Waals surface area contributed by atoms with E-state index in [0.29, 0.717) is 24.5 Å². The van der Waals surface area contributed by atoms with Crippen molar-refractivity contribution < 1.29 is 47.5 Å².